The summed E-state index contributed by atoms with van der Waals surface area (Å²) in [5.41, 5.74) is 0.869. The van der Waals surface area contributed by atoms with E-state index in [2.05, 4.69) is 5.32 Å². The topological polar surface area (TPSA) is 75.7 Å². The number of hydrogen-bond acceptors (Lipinski definition) is 4. The SMILES string of the molecule is CCCOc1ccccc1CCCNC(=O)CN(c1ccccc1F)S(=O)(=O)c1ccccc1. The molecule has 0 aliphatic rings. The second kappa shape index (κ2) is 12.2. The number of nitrogens with one attached hydrogen (secondary N) is 1. The van der Waals surface area contributed by atoms with Gasteiger partial charge in [0.25, 0.3) is 10.0 Å². The number of rotatable bonds is 12. The monoisotopic (exact) mass is 484 g/mol. The molecule has 0 fully saturated rings. The fourth-order valence-electron chi connectivity index (χ4n) is 3.43. The quantitative estimate of drug-likeness (QED) is 0.383. The first-order chi connectivity index (χ1) is 16.4. The van der Waals surface area contributed by atoms with Gasteiger partial charge in [-0.3, -0.25) is 9.10 Å². The van der Waals surface area contributed by atoms with Crippen molar-refractivity contribution in [2.75, 3.05) is 24.0 Å². The van der Waals surface area contributed by atoms with Crippen LogP contribution in [0.1, 0.15) is 25.3 Å². The number of anilines is 1. The Morgan fingerprint density at radius 2 is 1.65 bits per heavy atom. The summed E-state index contributed by atoms with van der Waals surface area (Å²) in [7, 11) is -4.14. The van der Waals surface area contributed by atoms with Gasteiger partial charge in [-0.25, -0.2) is 12.8 Å². The lowest BCUT2D eigenvalue weighted by atomic mass is 10.1. The predicted octanol–water partition coefficient (Wildman–Crippen LogP) is 4.56. The fraction of sp³-hybridized carbons (Fsp3) is 0.269. The van der Waals surface area contributed by atoms with Gasteiger partial charge < -0.3 is 10.1 Å². The smallest absolute Gasteiger partial charge is 0.264 e. The Morgan fingerprint density at radius 3 is 2.38 bits per heavy atom. The summed E-state index contributed by atoms with van der Waals surface area (Å²) >= 11 is 0. The van der Waals surface area contributed by atoms with Gasteiger partial charge in [-0.1, -0.05) is 55.5 Å². The summed E-state index contributed by atoms with van der Waals surface area (Å²) in [6, 6.07) is 20.9. The number of carbonyl (C=O) groups excluding carboxylic acids is 1. The van der Waals surface area contributed by atoms with E-state index in [4.69, 9.17) is 4.74 Å². The van der Waals surface area contributed by atoms with Crippen LogP contribution in [0.15, 0.2) is 83.8 Å². The van der Waals surface area contributed by atoms with Crippen molar-refractivity contribution in [3.05, 3.63) is 90.2 Å². The maximum Gasteiger partial charge on any atom is 0.264 e. The Bertz CT molecular complexity index is 1190. The van der Waals surface area contributed by atoms with Gasteiger partial charge in [0, 0.05) is 6.54 Å². The number of hydrogen-bond donors (Lipinski definition) is 1. The third-order valence-corrected chi connectivity index (χ3v) is 6.89. The van der Waals surface area contributed by atoms with Crippen molar-refractivity contribution in [2.45, 2.75) is 31.1 Å². The molecule has 3 rings (SSSR count). The molecule has 0 saturated heterocycles. The Kier molecular flexibility index (Phi) is 9.04. The molecule has 0 saturated carbocycles. The van der Waals surface area contributed by atoms with Gasteiger partial charge in [-0.15, -0.1) is 0 Å². The molecule has 3 aromatic carbocycles. The minimum Gasteiger partial charge on any atom is -0.493 e. The molecule has 0 spiro atoms. The molecule has 8 heteroatoms. The standard InChI is InChI=1S/C26H29FN2O4S/c1-2-19-33-25-17-9-6-11-21(25)12-10-18-28-26(30)20-29(24-16-8-7-15-23(24)27)34(31,32)22-13-4-3-5-14-22/h3-9,11,13-17H,2,10,12,18-20H2,1H3,(H,28,30). The largest absolute Gasteiger partial charge is 0.493 e. The van der Waals surface area contributed by atoms with Crippen molar-refractivity contribution < 1.29 is 22.3 Å². The zero-order chi connectivity index (χ0) is 24.4. The molecule has 3 aromatic rings. The molecule has 0 unspecified atom stereocenters. The van der Waals surface area contributed by atoms with Gasteiger partial charge in [0.05, 0.1) is 17.2 Å². The molecule has 0 aliphatic carbocycles. The Balaban J connectivity index is 1.66. The number of ether oxygens (including phenoxy) is 1. The fourth-order valence-corrected chi connectivity index (χ4v) is 4.88. The molecule has 0 bridgehead atoms. The van der Waals surface area contributed by atoms with Crippen molar-refractivity contribution in [1.29, 1.82) is 0 Å². The number of sulfonamides is 1. The maximum atomic E-state index is 14.5. The van der Waals surface area contributed by atoms with Crippen molar-refractivity contribution >= 4 is 21.6 Å². The average Bonchev–Trinajstić information content (AvgIpc) is 2.85. The molecule has 0 atom stereocenters. The van der Waals surface area contributed by atoms with E-state index in [1.54, 1.807) is 18.2 Å². The van der Waals surface area contributed by atoms with E-state index in [9.17, 15) is 17.6 Å². The van der Waals surface area contributed by atoms with Crippen LogP contribution in [0.4, 0.5) is 10.1 Å². The summed E-state index contributed by atoms with van der Waals surface area (Å²) in [5.74, 6) is -0.410. The van der Waals surface area contributed by atoms with Crippen LogP contribution in [-0.2, 0) is 21.2 Å². The van der Waals surface area contributed by atoms with Crippen molar-refractivity contribution in [2.24, 2.45) is 0 Å². The summed E-state index contributed by atoms with van der Waals surface area (Å²) in [6.07, 6.45) is 2.25. The third kappa shape index (κ3) is 6.57. The van der Waals surface area contributed by atoms with Crippen molar-refractivity contribution in [3.63, 3.8) is 0 Å². The van der Waals surface area contributed by atoms with Crippen LogP contribution in [0.2, 0.25) is 0 Å². The summed E-state index contributed by atoms with van der Waals surface area (Å²) in [4.78, 5) is 12.7. The lowest BCUT2D eigenvalue weighted by Gasteiger charge is -2.24. The van der Waals surface area contributed by atoms with E-state index in [1.807, 2.05) is 31.2 Å². The number of nitrogens with zero attached hydrogens (tertiary/aromatic N) is 1. The van der Waals surface area contributed by atoms with E-state index >= 15 is 0 Å². The van der Waals surface area contributed by atoms with E-state index in [1.165, 1.54) is 36.4 Å². The molecule has 1 amide bonds. The Morgan fingerprint density at radius 1 is 0.971 bits per heavy atom. The minimum atomic E-state index is -4.14. The van der Waals surface area contributed by atoms with Gasteiger partial charge in [-0.05, 0) is 55.2 Å². The van der Waals surface area contributed by atoms with E-state index in [0.717, 1.165) is 22.0 Å². The normalized spacial score (nSPS) is 11.1. The maximum absolute atomic E-state index is 14.5. The number of carbonyl (C=O) groups is 1. The molecule has 1 N–H and O–H groups in total. The zero-order valence-corrected chi connectivity index (χ0v) is 19.9. The lowest BCUT2D eigenvalue weighted by Crippen LogP contribution is -2.41. The van der Waals surface area contributed by atoms with Crippen LogP contribution in [0.25, 0.3) is 0 Å². The van der Waals surface area contributed by atoms with E-state index < -0.39 is 28.3 Å². The van der Waals surface area contributed by atoms with Crippen LogP contribution in [0, 0.1) is 5.82 Å². The molecule has 0 radical (unpaired) electrons. The molecule has 0 aromatic heterocycles. The highest BCUT2D eigenvalue weighted by atomic mass is 32.2. The van der Waals surface area contributed by atoms with Crippen molar-refractivity contribution in [1.82, 2.24) is 5.32 Å². The number of para-hydroxylation sites is 2. The van der Waals surface area contributed by atoms with Crippen LogP contribution in [0.5, 0.6) is 5.75 Å². The molecule has 0 aliphatic heterocycles. The Labute approximate surface area is 200 Å². The summed E-state index contributed by atoms with van der Waals surface area (Å²) < 4.78 is 47.5. The number of benzene rings is 3. The first kappa shape index (κ1) is 25.2. The molecule has 6 nitrogen and oxygen atoms in total. The van der Waals surface area contributed by atoms with Crippen LogP contribution in [0.3, 0.4) is 0 Å². The molecule has 0 heterocycles. The molecular formula is C26H29FN2O4S. The first-order valence-corrected chi connectivity index (χ1v) is 12.7. The van der Waals surface area contributed by atoms with Gasteiger partial charge >= 0.3 is 0 Å². The highest BCUT2D eigenvalue weighted by Gasteiger charge is 2.28. The van der Waals surface area contributed by atoms with Crippen LogP contribution < -0.4 is 14.4 Å². The molecule has 180 valence electrons. The van der Waals surface area contributed by atoms with E-state index in [-0.39, 0.29) is 10.6 Å². The average molecular weight is 485 g/mol. The van der Waals surface area contributed by atoms with E-state index in [0.29, 0.717) is 26.0 Å². The van der Waals surface area contributed by atoms with Crippen LogP contribution in [-0.4, -0.2) is 34.0 Å². The Hall–Kier alpha value is -3.39. The van der Waals surface area contributed by atoms with Crippen LogP contribution >= 0.6 is 0 Å². The van der Waals surface area contributed by atoms with Gasteiger partial charge in [0.2, 0.25) is 5.91 Å². The molecular weight excluding hydrogens is 455 g/mol. The van der Waals surface area contributed by atoms with Crippen molar-refractivity contribution in [3.8, 4) is 5.75 Å². The number of halogens is 1. The number of aryl methyl sites for hydroxylation is 1. The highest BCUT2D eigenvalue weighted by Crippen LogP contribution is 2.26. The summed E-state index contributed by atoms with van der Waals surface area (Å²) in [5, 5.41) is 2.75. The minimum absolute atomic E-state index is 0.0188. The van der Waals surface area contributed by atoms with Gasteiger partial charge in [0.1, 0.15) is 18.1 Å². The summed E-state index contributed by atoms with van der Waals surface area (Å²) in [6.45, 7) is 2.49. The second-order valence-electron chi connectivity index (χ2n) is 7.69. The number of amides is 1. The van der Waals surface area contributed by atoms with Gasteiger partial charge in [0.15, 0.2) is 0 Å². The van der Waals surface area contributed by atoms with Gasteiger partial charge in [-0.2, -0.15) is 0 Å². The highest BCUT2D eigenvalue weighted by molar-refractivity contribution is 7.92. The molecule has 34 heavy (non-hydrogen) atoms. The second-order valence-corrected chi connectivity index (χ2v) is 9.55. The third-order valence-electron chi connectivity index (χ3n) is 5.12. The lowest BCUT2D eigenvalue weighted by molar-refractivity contribution is -0.119. The predicted molar refractivity (Wildman–Crippen MR) is 131 cm³/mol. The first-order valence-electron chi connectivity index (χ1n) is 11.2. The zero-order valence-electron chi connectivity index (χ0n) is 19.1.